The summed E-state index contributed by atoms with van der Waals surface area (Å²) < 4.78 is 3.99. The van der Waals surface area contributed by atoms with Crippen LogP contribution in [0.15, 0.2) is 64.3 Å². The molecule has 0 aliphatic carbocycles. The smallest absolute Gasteiger partial charge is 0.283 e. The van der Waals surface area contributed by atoms with Gasteiger partial charge in [0.05, 0.1) is 17.9 Å². The van der Waals surface area contributed by atoms with Crippen LogP contribution in [-0.4, -0.2) is 29.5 Å². The van der Waals surface area contributed by atoms with Gasteiger partial charge < -0.3 is 0 Å². The van der Waals surface area contributed by atoms with E-state index in [1.165, 1.54) is 10.9 Å². The average Bonchev–Trinajstić information content (AvgIpc) is 3.04. The van der Waals surface area contributed by atoms with Gasteiger partial charge in [-0.1, -0.05) is 27.2 Å². The van der Waals surface area contributed by atoms with Crippen molar-refractivity contribution in [2.45, 2.75) is 6.54 Å². The Kier molecular flexibility index (Phi) is 3.66. The van der Waals surface area contributed by atoms with Crippen LogP contribution in [0.5, 0.6) is 0 Å². The molecule has 0 unspecified atom stereocenters. The zero-order valence-corrected chi connectivity index (χ0v) is 14.0. The first-order valence-electron chi connectivity index (χ1n) is 7.19. The third kappa shape index (κ3) is 2.61. The first-order chi connectivity index (χ1) is 11.7. The van der Waals surface area contributed by atoms with E-state index in [4.69, 9.17) is 0 Å². The number of pyridine rings is 1. The maximum absolute atomic E-state index is 12.6. The van der Waals surface area contributed by atoms with Crippen molar-refractivity contribution in [1.82, 2.24) is 29.5 Å². The summed E-state index contributed by atoms with van der Waals surface area (Å²) in [5.41, 5.74) is 1.99. The Morgan fingerprint density at radius 1 is 1.04 bits per heavy atom. The molecule has 3 aromatic heterocycles. The molecule has 0 aliphatic heterocycles. The molecule has 24 heavy (non-hydrogen) atoms. The first-order valence-corrected chi connectivity index (χ1v) is 7.98. The standard InChI is InChI=1S/C16H11BrN6O/c17-11-4-6-13(7-5-11)23-15-14(20-21-23)16(24)22(10-19-15)9-12-3-1-2-8-18-12/h1-8,10H,9H2. The van der Waals surface area contributed by atoms with E-state index >= 15 is 0 Å². The van der Waals surface area contributed by atoms with Gasteiger partial charge in [0.25, 0.3) is 5.56 Å². The molecule has 3 heterocycles. The normalized spacial score (nSPS) is 11.0. The summed E-state index contributed by atoms with van der Waals surface area (Å²) in [6.45, 7) is 0.341. The number of benzene rings is 1. The number of rotatable bonds is 3. The molecule has 4 aromatic rings. The number of nitrogens with zero attached hydrogens (tertiary/aromatic N) is 6. The quantitative estimate of drug-likeness (QED) is 0.542. The van der Waals surface area contributed by atoms with Gasteiger partial charge in [-0.3, -0.25) is 14.3 Å². The molecule has 0 saturated heterocycles. The van der Waals surface area contributed by atoms with Crippen molar-refractivity contribution < 1.29 is 0 Å². The summed E-state index contributed by atoms with van der Waals surface area (Å²) in [5.74, 6) is 0. The fourth-order valence-electron chi connectivity index (χ4n) is 2.38. The molecule has 0 N–H and O–H groups in total. The van der Waals surface area contributed by atoms with Crippen molar-refractivity contribution in [2.24, 2.45) is 0 Å². The Balaban J connectivity index is 1.78. The van der Waals surface area contributed by atoms with Crippen molar-refractivity contribution in [1.29, 1.82) is 0 Å². The number of halogens is 1. The molecular formula is C16H11BrN6O. The Bertz CT molecular complexity index is 1060. The highest BCUT2D eigenvalue weighted by Gasteiger charge is 2.13. The van der Waals surface area contributed by atoms with Gasteiger partial charge in [0, 0.05) is 10.7 Å². The molecule has 0 saturated carbocycles. The van der Waals surface area contributed by atoms with Crippen LogP contribution in [0.25, 0.3) is 16.9 Å². The number of fused-ring (bicyclic) bond motifs is 1. The molecule has 4 rings (SSSR count). The van der Waals surface area contributed by atoms with Gasteiger partial charge in [-0.15, -0.1) is 5.10 Å². The highest BCUT2D eigenvalue weighted by molar-refractivity contribution is 9.10. The van der Waals surface area contributed by atoms with E-state index in [1.54, 1.807) is 10.9 Å². The minimum absolute atomic E-state index is 0.233. The lowest BCUT2D eigenvalue weighted by atomic mass is 10.3. The lowest BCUT2D eigenvalue weighted by Crippen LogP contribution is -2.22. The van der Waals surface area contributed by atoms with Gasteiger partial charge in [-0.25, -0.2) is 4.98 Å². The highest BCUT2D eigenvalue weighted by Crippen LogP contribution is 2.15. The Morgan fingerprint density at radius 3 is 2.62 bits per heavy atom. The Hall–Kier alpha value is -2.87. The van der Waals surface area contributed by atoms with Gasteiger partial charge in [0.15, 0.2) is 11.2 Å². The van der Waals surface area contributed by atoms with Crippen LogP contribution in [0.2, 0.25) is 0 Å². The average molecular weight is 383 g/mol. The first kappa shape index (κ1) is 14.7. The SMILES string of the molecule is O=c1c2nnn(-c3ccc(Br)cc3)c2ncn1Cc1ccccn1. The predicted molar refractivity (Wildman–Crippen MR) is 92.0 cm³/mol. The molecule has 0 amide bonds. The van der Waals surface area contributed by atoms with E-state index in [9.17, 15) is 4.79 Å². The second-order valence-electron chi connectivity index (χ2n) is 5.15. The molecule has 8 heteroatoms. The minimum atomic E-state index is -0.242. The van der Waals surface area contributed by atoms with E-state index in [0.717, 1.165) is 15.9 Å². The topological polar surface area (TPSA) is 78.5 Å². The Labute approximate surface area is 144 Å². The van der Waals surface area contributed by atoms with Crippen molar-refractivity contribution >= 4 is 27.1 Å². The summed E-state index contributed by atoms with van der Waals surface area (Å²) in [6, 6.07) is 13.1. The van der Waals surface area contributed by atoms with Crippen LogP contribution >= 0.6 is 15.9 Å². The number of aromatic nitrogens is 6. The third-order valence-corrected chi connectivity index (χ3v) is 4.09. The van der Waals surface area contributed by atoms with Crippen molar-refractivity contribution in [3.05, 3.63) is 75.5 Å². The minimum Gasteiger partial charge on any atom is -0.291 e. The lowest BCUT2D eigenvalue weighted by molar-refractivity contribution is 0.727. The number of hydrogen-bond acceptors (Lipinski definition) is 5. The van der Waals surface area contributed by atoms with Crippen molar-refractivity contribution in [2.75, 3.05) is 0 Å². The van der Waals surface area contributed by atoms with E-state index in [0.29, 0.717) is 12.2 Å². The molecule has 0 spiro atoms. The maximum atomic E-state index is 12.6. The monoisotopic (exact) mass is 382 g/mol. The van der Waals surface area contributed by atoms with Gasteiger partial charge in [-0.05, 0) is 36.4 Å². The van der Waals surface area contributed by atoms with E-state index < -0.39 is 0 Å². The van der Waals surface area contributed by atoms with E-state index in [1.807, 2.05) is 42.5 Å². The van der Waals surface area contributed by atoms with E-state index in [2.05, 4.69) is 36.2 Å². The van der Waals surface area contributed by atoms with Crippen molar-refractivity contribution in [3.8, 4) is 5.69 Å². The Morgan fingerprint density at radius 2 is 1.88 bits per heavy atom. The van der Waals surface area contributed by atoms with Gasteiger partial charge in [0.2, 0.25) is 0 Å². The van der Waals surface area contributed by atoms with Crippen LogP contribution in [0.1, 0.15) is 5.69 Å². The second kappa shape index (κ2) is 5.97. The largest absolute Gasteiger partial charge is 0.291 e. The fraction of sp³-hybridized carbons (Fsp3) is 0.0625. The molecule has 0 radical (unpaired) electrons. The summed E-state index contributed by atoms with van der Waals surface area (Å²) >= 11 is 3.39. The highest BCUT2D eigenvalue weighted by atomic mass is 79.9. The molecule has 0 bridgehead atoms. The van der Waals surface area contributed by atoms with Crippen LogP contribution in [0.3, 0.4) is 0 Å². The molecule has 118 valence electrons. The predicted octanol–water partition coefficient (Wildman–Crippen LogP) is 2.18. The second-order valence-corrected chi connectivity index (χ2v) is 6.06. The lowest BCUT2D eigenvalue weighted by Gasteiger charge is -2.05. The third-order valence-electron chi connectivity index (χ3n) is 3.56. The van der Waals surface area contributed by atoms with Crippen LogP contribution in [-0.2, 0) is 6.54 Å². The molecule has 0 aliphatic rings. The summed E-state index contributed by atoms with van der Waals surface area (Å²) in [4.78, 5) is 21.2. The van der Waals surface area contributed by atoms with Crippen LogP contribution in [0.4, 0.5) is 0 Å². The molecule has 0 fully saturated rings. The van der Waals surface area contributed by atoms with Crippen molar-refractivity contribution in [3.63, 3.8) is 0 Å². The fourth-order valence-corrected chi connectivity index (χ4v) is 2.64. The van der Waals surface area contributed by atoms with E-state index in [-0.39, 0.29) is 11.1 Å². The number of hydrogen-bond donors (Lipinski definition) is 0. The summed E-state index contributed by atoms with van der Waals surface area (Å²) in [5, 5.41) is 8.07. The zero-order valence-electron chi connectivity index (χ0n) is 12.4. The summed E-state index contributed by atoms with van der Waals surface area (Å²) in [7, 11) is 0. The molecular weight excluding hydrogens is 372 g/mol. The van der Waals surface area contributed by atoms with Crippen LogP contribution in [0, 0.1) is 0 Å². The zero-order chi connectivity index (χ0) is 16.5. The molecule has 7 nitrogen and oxygen atoms in total. The van der Waals surface area contributed by atoms with Gasteiger partial charge >= 0.3 is 0 Å². The molecule has 1 aromatic carbocycles. The van der Waals surface area contributed by atoms with Gasteiger partial charge in [-0.2, -0.15) is 4.68 Å². The maximum Gasteiger partial charge on any atom is 0.283 e. The van der Waals surface area contributed by atoms with Gasteiger partial charge in [0.1, 0.15) is 6.33 Å². The molecule has 0 atom stereocenters. The van der Waals surface area contributed by atoms with Crippen LogP contribution < -0.4 is 5.56 Å². The summed E-state index contributed by atoms with van der Waals surface area (Å²) in [6.07, 6.45) is 3.19.